The van der Waals surface area contributed by atoms with Crippen LogP contribution >= 0.6 is 23.4 Å². The summed E-state index contributed by atoms with van der Waals surface area (Å²) in [6.45, 7) is 0. The van der Waals surface area contributed by atoms with Crippen molar-refractivity contribution >= 4 is 29.3 Å². The number of amides is 1. The predicted molar refractivity (Wildman–Crippen MR) is 141 cm³/mol. The van der Waals surface area contributed by atoms with E-state index in [1.807, 2.05) is 78.9 Å². The monoisotopic (exact) mass is 484 g/mol. The molecule has 0 spiro atoms. The number of nitrogens with one attached hydrogen (secondary N) is 2. The third kappa shape index (κ3) is 4.49. The van der Waals surface area contributed by atoms with Crippen LogP contribution in [-0.4, -0.2) is 17.3 Å². The van der Waals surface area contributed by atoms with Gasteiger partial charge in [-0.2, -0.15) is 0 Å². The minimum Gasteiger partial charge on any atom is -0.341 e. The Morgan fingerprint density at radius 2 is 1.21 bits per heavy atom. The second-order valence-corrected chi connectivity index (χ2v) is 9.90. The van der Waals surface area contributed by atoms with Crippen LogP contribution in [0.25, 0.3) is 0 Å². The SMILES string of the molecule is O=C1NC(SCc2ccc(Cl)cc2)[C@@H]1NC(c1ccccc1)(c1ccccc1)c1ccccc1. The number of thioether (sulfide) groups is 1. The van der Waals surface area contributed by atoms with E-state index < -0.39 is 5.54 Å². The minimum absolute atomic E-state index is 0.0146. The Kier molecular flexibility index (Phi) is 6.73. The maximum atomic E-state index is 12.9. The largest absolute Gasteiger partial charge is 0.341 e. The smallest absolute Gasteiger partial charge is 0.241 e. The van der Waals surface area contributed by atoms with Crippen molar-refractivity contribution in [1.29, 1.82) is 0 Å². The van der Waals surface area contributed by atoms with Gasteiger partial charge in [0.15, 0.2) is 0 Å². The van der Waals surface area contributed by atoms with Crippen LogP contribution in [0.4, 0.5) is 0 Å². The molecule has 4 aromatic carbocycles. The second-order valence-electron chi connectivity index (χ2n) is 8.34. The van der Waals surface area contributed by atoms with Crippen molar-refractivity contribution in [2.75, 3.05) is 0 Å². The Bertz CT molecular complexity index is 1140. The van der Waals surface area contributed by atoms with Gasteiger partial charge in [-0.05, 0) is 34.4 Å². The normalized spacial score (nSPS) is 17.6. The molecule has 170 valence electrons. The molecular weight excluding hydrogens is 460 g/mol. The Hall–Kier alpha value is -3.05. The molecule has 5 rings (SSSR count). The van der Waals surface area contributed by atoms with Crippen LogP contribution in [0.15, 0.2) is 115 Å². The minimum atomic E-state index is -0.675. The van der Waals surface area contributed by atoms with E-state index >= 15 is 0 Å². The highest BCUT2D eigenvalue weighted by molar-refractivity contribution is 7.99. The highest BCUT2D eigenvalue weighted by Crippen LogP contribution is 2.39. The lowest BCUT2D eigenvalue weighted by atomic mass is 9.76. The third-order valence-corrected chi connectivity index (χ3v) is 7.71. The molecule has 1 saturated heterocycles. The van der Waals surface area contributed by atoms with E-state index in [2.05, 4.69) is 47.0 Å². The van der Waals surface area contributed by atoms with Crippen LogP contribution in [0.1, 0.15) is 22.3 Å². The molecule has 1 amide bonds. The van der Waals surface area contributed by atoms with E-state index in [0.29, 0.717) is 0 Å². The molecule has 4 aromatic rings. The number of rotatable bonds is 8. The summed E-state index contributed by atoms with van der Waals surface area (Å²) < 4.78 is 0. The first-order chi connectivity index (χ1) is 16.7. The number of β-lactam (4-membered cyclic amide) rings is 1. The van der Waals surface area contributed by atoms with Crippen LogP contribution in [0.2, 0.25) is 5.02 Å². The van der Waals surface area contributed by atoms with Gasteiger partial charge in [0, 0.05) is 10.8 Å². The first-order valence-corrected chi connectivity index (χ1v) is 12.7. The molecular formula is C29H25ClN2OS. The summed E-state index contributed by atoms with van der Waals surface area (Å²) >= 11 is 7.75. The number of hydrogen-bond donors (Lipinski definition) is 2. The number of benzene rings is 4. The maximum Gasteiger partial charge on any atom is 0.241 e. The first kappa shape index (κ1) is 22.7. The summed E-state index contributed by atoms with van der Waals surface area (Å²) in [6.07, 6.45) is 0. The maximum absolute atomic E-state index is 12.9. The predicted octanol–water partition coefficient (Wildman–Crippen LogP) is 5.98. The summed E-state index contributed by atoms with van der Waals surface area (Å²) in [5, 5.41) is 7.58. The van der Waals surface area contributed by atoms with E-state index in [-0.39, 0.29) is 17.3 Å². The van der Waals surface area contributed by atoms with Gasteiger partial charge in [-0.25, -0.2) is 0 Å². The van der Waals surface area contributed by atoms with Gasteiger partial charge in [0.2, 0.25) is 5.91 Å². The second kappa shape index (κ2) is 10.1. The highest BCUT2D eigenvalue weighted by atomic mass is 35.5. The Balaban J connectivity index is 1.51. The summed E-state index contributed by atoms with van der Waals surface area (Å²) in [5.74, 6) is 0.802. The van der Waals surface area contributed by atoms with Crippen molar-refractivity contribution in [3.05, 3.63) is 143 Å². The molecule has 2 N–H and O–H groups in total. The van der Waals surface area contributed by atoms with E-state index in [1.165, 1.54) is 5.56 Å². The van der Waals surface area contributed by atoms with Crippen molar-refractivity contribution in [3.8, 4) is 0 Å². The van der Waals surface area contributed by atoms with Gasteiger partial charge in [-0.3, -0.25) is 10.1 Å². The lowest BCUT2D eigenvalue weighted by Gasteiger charge is -2.45. The van der Waals surface area contributed by atoms with Crippen LogP contribution in [0, 0.1) is 0 Å². The molecule has 1 unspecified atom stereocenters. The lowest BCUT2D eigenvalue weighted by molar-refractivity contribution is -0.129. The van der Waals surface area contributed by atoms with Crippen molar-refractivity contribution in [2.24, 2.45) is 0 Å². The van der Waals surface area contributed by atoms with Gasteiger partial charge >= 0.3 is 0 Å². The summed E-state index contributed by atoms with van der Waals surface area (Å²) in [4.78, 5) is 12.9. The van der Waals surface area contributed by atoms with Crippen molar-refractivity contribution in [3.63, 3.8) is 0 Å². The quantitative estimate of drug-likeness (QED) is 0.239. The van der Waals surface area contributed by atoms with Gasteiger partial charge in [-0.15, -0.1) is 11.8 Å². The van der Waals surface area contributed by atoms with Gasteiger partial charge in [0.1, 0.15) is 6.04 Å². The molecule has 5 heteroatoms. The van der Waals surface area contributed by atoms with Crippen LogP contribution < -0.4 is 10.6 Å². The molecule has 34 heavy (non-hydrogen) atoms. The van der Waals surface area contributed by atoms with E-state index in [0.717, 1.165) is 27.5 Å². The molecule has 1 aliphatic rings. The Morgan fingerprint density at radius 3 is 1.65 bits per heavy atom. The van der Waals surface area contributed by atoms with Crippen LogP contribution in [-0.2, 0) is 16.1 Å². The zero-order valence-electron chi connectivity index (χ0n) is 18.5. The zero-order chi connectivity index (χ0) is 23.4. The molecule has 0 bridgehead atoms. The molecule has 1 heterocycles. The van der Waals surface area contributed by atoms with Crippen molar-refractivity contribution in [1.82, 2.24) is 10.6 Å². The Morgan fingerprint density at radius 1 is 0.735 bits per heavy atom. The fraction of sp³-hybridized carbons (Fsp3) is 0.138. The average molecular weight is 485 g/mol. The molecule has 2 atom stereocenters. The Labute approximate surface area is 209 Å². The number of carbonyl (C=O) groups is 1. The summed E-state index contributed by atoms with van der Waals surface area (Å²) in [7, 11) is 0. The van der Waals surface area contributed by atoms with E-state index in [9.17, 15) is 4.79 Å². The average Bonchev–Trinajstić information content (AvgIpc) is 2.90. The fourth-order valence-electron chi connectivity index (χ4n) is 4.45. The zero-order valence-corrected chi connectivity index (χ0v) is 20.1. The molecule has 1 fully saturated rings. The highest BCUT2D eigenvalue weighted by Gasteiger charge is 2.47. The summed E-state index contributed by atoms with van der Waals surface area (Å²) in [5.41, 5.74) is 3.77. The van der Waals surface area contributed by atoms with Gasteiger partial charge < -0.3 is 5.32 Å². The lowest BCUT2D eigenvalue weighted by Crippen LogP contribution is -2.70. The van der Waals surface area contributed by atoms with Crippen molar-refractivity contribution in [2.45, 2.75) is 22.7 Å². The van der Waals surface area contributed by atoms with Gasteiger partial charge in [0.05, 0.1) is 10.9 Å². The van der Waals surface area contributed by atoms with E-state index in [4.69, 9.17) is 11.6 Å². The van der Waals surface area contributed by atoms with Crippen LogP contribution in [0.5, 0.6) is 0 Å². The number of hydrogen-bond acceptors (Lipinski definition) is 3. The first-order valence-electron chi connectivity index (χ1n) is 11.3. The molecule has 1 aliphatic heterocycles. The molecule has 0 radical (unpaired) electrons. The van der Waals surface area contributed by atoms with E-state index in [1.54, 1.807) is 11.8 Å². The molecule has 3 nitrogen and oxygen atoms in total. The van der Waals surface area contributed by atoms with Crippen LogP contribution in [0.3, 0.4) is 0 Å². The number of halogens is 1. The van der Waals surface area contributed by atoms with Gasteiger partial charge in [-0.1, -0.05) is 115 Å². The molecule has 0 saturated carbocycles. The van der Waals surface area contributed by atoms with Gasteiger partial charge in [0.25, 0.3) is 0 Å². The molecule has 0 aromatic heterocycles. The molecule has 0 aliphatic carbocycles. The number of carbonyl (C=O) groups excluding carboxylic acids is 1. The topological polar surface area (TPSA) is 41.1 Å². The third-order valence-electron chi connectivity index (χ3n) is 6.20. The fourth-order valence-corrected chi connectivity index (χ4v) is 5.72. The standard InChI is InChI=1S/C29H25ClN2OS/c30-25-18-16-21(17-19-25)20-34-28-26(27(33)31-28)32-29(22-10-4-1-5-11-22,23-12-6-2-7-13-23)24-14-8-3-9-15-24/h1-19,26,28,32H,20H2,(H,31,33)/t26-,28?/m1/s1. The van der Waals surface area contributed by atoms with Crippen molar-refractivity contribution < 1.29 is 4.79 Å². The summed E-state index contributed by atoms with van der Waals surface area (Å²) in [6, 6.07) is 38.6.